The van der Waals surface area contributed by atoms with Crippen LogP contribution in [0.1, 0.15) is 24.2 Å². The maximum Gasteiger partial charge on any atom is 0.253 e. The molecular formula is C15H26Cl2N4O2. The first-order valence-corrected chi connectivity index (χ1v) is 7.21. The van der Waals surface area contributed by atoms with Gasteiger partial charge in [-0.2, -0.15) is 0 Å². The van der Waals surface area contributed by atoms with Crippen LogP contribution in [0.3, 0.4) is 0 Å². The molecule has 6 nitrogen and oxygen atoms in total. The van der Waals surface area contributed by atoms with Crippen LogP contribution in [-0.4, -0.2) is 49.4 Å². The number of carbonyl (C=O) groups is 2. The van der Waals surface area contributed by atoms with Gasteiger partial charge in [0.15, 0.2) is 0 Å². The topological polar surface area (TPSA) is 87.5 Å². The first-order chi connectivity index (χ1) is 10.1. The summed E-state index contributed by atoms with van der Waals surface area (Å²) in [6.45, 7) is 6.72. The quantitative estimate of drug-likeness (QED) is 0.652. The van der Waals surface area contributed by atoms with E-state index >= 15 is 0 Å². The maximum atomic E-state index is 12.0. The number of para-hydroxylation sites is 1. The van der Waals surface area contributed by atoms with Crippen LogP contribution in [-0.2, 0) is 4.79 Å². The van der Waals surface area contributed by atoms with Crippen molar-refractivity contribution >= 4 is 42.3 Å². The molecule has 0 heterocycles. The molecule has 0 saturated carbocycles. The molecule has 0 aliphatic carbocycles. The first-order valence-electron chi connectivity index (χ1n) is 7.21. The molecule has 0 aliphatic rings. The van der Waals surface area contributed by atoms with Gasteiger partial charge in [0.1, 0.15) is 0 Å². The molecule has 0 atom stereocenters. The number of anilines is 1. The van der Waals surface area contributed by atoms with Gasteiger partial charge in [0.25, 0.3) is 5.91 Å². The summed E-state index contributed by atoms with van der Waals surface area (Å²) in [5.74, 6) is -0.364. The number of carbonyl (C=O) groups excluding carboxylic acids is 2. The zero-order valence-electron chi connectivity index (χ0n) is 13.5. The molecule has 1 aromatic rings. The minimum absolute atomic E-state index is 0. The van der Waals surface area contributed by atoms with Gasteiger partial charge >= 0.3 is 0 Å². The number of likely N-dealkylation sites (N-methyl/N-ethyl adjacent to an activating group) is 1. The molecule has 0 aromatic heterocycles. The highest BCUT2D eigenvalue weighted by Crippen LogP contribution is 2.14. The van der Waals surface area contributed by atoms with Crippen molar-refractivity contribution in [3.05, 3.63) is 29.8 Å². The van der Waals surface area contributed by atoms with Crippen LogP contribution in [0.25, 0.3) is 0 Å². The minimum atomic E-state index is -0.237. The third-order valence-electron chi connectivity index (χ3n) is 3.14. The normalized spacial score (nSPS) is 9.57. The number of nitrogens with two attached hydrogens (primary N) is 1. The number of hydrogen-bond acceptors (Lipinski definition) is 4. The van der Waals surface area contributed by atoms with E-state index in [2.05, 4.69) is 10.6 Å². The van der Waals surface area contributed by atoms with E-state index in [-0.39, 0.29) is 36.6 Å². The highest BCUT2D eigenvalue weighted by atomic mass is 35.5. The lowest BCUT2D eigenvalue weighted by Crippen LogP contribution is -2.34. The zero-order chi connectivity index (χ0) is 15.7. The lowest BCUT2D eigenvalue weighted by atomic mass is 10.1. The van der Waals surface area contributed by atoms with Gasteiger partial charge in [-0.15, -0.1) is 24.8 Å². The van der Waals surface area contributed by atoms with E-state index in [1.165, 1.54) is 0 Å². The van der Waals surface area contributed by atoms with Gasteiger partial charge in [-0.1, -0.05) is 26.0 Å². The standard InChI is InChI=1S/C15H24N4O2.2ClH/c1-3-19(4-2)11-14(20)18-13-8-6-5-7-12(13)15(21)17-10-9-16;;/h5-8H,3-4,9-11,16H2,1-2H3,(H,17,21)(H,18,20);2*1H. The van der Waals surface area contributed by atoms with Crippen LogP contribution >= 0.6 is 24.8 Å². The average Bonchev–Trinajstić information content (AvgIpc) is 2.50. The number of nitrogens with one attached hydrogen (secondary N) is 2. The smallest absolute Gasteiger partial charge is 0.253 e. The Morgan fingerprint density at radius 1 is 1.13 bits per heavy atom. The Morgan fingerprint density at radius 2 is 1.74 bits per heavy atom. The Labute approximate surface area is 150 Å². The van der Waals surface area contributed by atoms with Gasteiger partial charge in [-0.3, -0.25) is 14.5 Å². The molecule has 0 radical (unpaired) electrons. The summed E-state index contributed by atoms with van der Waals surface area (Å²) < 4.78 is 0. The molecule has 1 rings (SSSR count). The maximum absolute atomic E-state index is 12.0. The number of rotatable bonds is 8. The summed E-state index contributed by atoms with van der Waals surface area (Å²) in [5, 5.41) is 5.49. The Kier molecular flexibility index (Phi) is 13.7. The van der Waals surface area contributed by atoms with Crippen molar-refractivity contribution in [3.63, 3.8) is 0 Å². The summed E-state index contributed by atoms with van der Waals surface area (Å²) in [4.78, 5) is 26.0. The van der Waals surface area contributed by atoms with E-state index in [0.717, 1.165) is 13.1 Å². The van der Waals surface area contributed by atoms with E-state index in [9.17, 15) is 9.59 Å². The fraction of sp³-hybridized carbons (Fsp3) is 0.467. The third-order valence-corrected chi connectivity index (χ3v) is 3.14. The third kappa shape index (κ3) is 8.18. The molecular weight excluding hydrogens is 339 g/mol. The molecule has 2 amide bonds. The molecule has 8 heteroatoms. The summed E-state index contributed by atoms with van der Waals surface area (Å²) in [6.07, 6.45) is 0. The van der Waals surface area contributed by atoms with Crippen molar-refractivity contribution < 1.29 is 9.59 Å². The zero-order valence-corrected chi connectivity index (χ0v) is 15.1. The molecule has 23 heavy (non-hydrogen) atoms. The average molecular weight is 365 g/mol. The fourth-order valence-corrected chi connectivity index (χ4v) is 1.91. The lowest BCUT2D eigenvalue weighted by molar-refractivity contribution is -0.117. The van der Waals surface area contributed by atoms with Crippen LogP contribution < -0.4 is 16.4 Å². The summed E-state index contributed by atoms with van der Waals surface area (Å²) in [6, 6.07) is 6.94. The van der Waals surface area contributed by atoms with Crippen molar-refractivity contribution in [1.29, 1.82) is 0 Å². The molecule has 0 aliphatic heterocycles. The SMILES string of the molecule is CCN(CC)CC(=O)Nc1ccccc1C(=O)NCCN.Cl.Cl. The van der Waals surface area contributed by atoms with Crippen LogP contribution in [0.4, 0.5) is 5.69 Å². The van der Waals surface area contributed by atoms with E-state index in [1.54, 1.807) is 24.3 Å². The lowest BCUT2D eigenvalue weighted by Gasteiger charge is -2.18. The van der Waals surface area contributed by atoms with Gasteiger partial charge in [0.05, 0.1) is 17.8 Å². The van der Waals surface area contributed by atoms with Gasteiger partial charge in [-0.05, 0) is 25.2 Å². The number of halogens is 2. The molecule has 0 unspecified atom stereocenters. The number of benzene rings is 1. The molecule has 0 fully saturated rings. The van der Waals surface area contributed by atoms with Gasteiger partial charge in [-0.25, -0.2) is 0 Å². The Balaban J connectivity index is 0. The molecule has 0 saturated heterocycles. The highest BCUT2D eigenvalue weighted by molar-refractivity contribution is 6.04. The first kappa shape index (κ1) is 23.9. The Morgan fingerprint density at radius 3 is 2.30 bits per heavy atom. The minimum Gasteiger partial charge on any atom is -0.351 e. The largest absolute Gasteiger partial charge is 0.351 e. The van der Waals surface area contributed by atoms with E-state index in [0.29, 0.717) is 30.9 Å². The monoisotopic (exact) mass is 364 g/mol. The molecule has 0 spiro atoms. The second kappa shape index (κ2) is 13.1. The van der Waals surface area contributed by atoms with E-state index in [1.807, 2.05) is 18.7 Å². The summed E-state index contributed by atoms with van der Waals surface area (Å²) >= 11 is 0. The molecule has 4 N–H and O–H groups in total. The highest BCUT2D eigenvalue weighted by Gasteiger charge is 2.13. The number of hydrogen-bond donors (Lipinski definition) is 3. The Hall–Kier alpha value is -1.34. The fourth-order valence-electron chi connectivity index (χ4n) is 1.91. The second-order valence-electron chi connectivity index (χ2n) is 4.60. The van der Waals surface area contributed by atoms with Crippen molar-refractivity contribution in [3.8, 4) is 0 Å². The van der Waals surface area contributed by atoms with Crippen molar-refractivity contribution in [2.24, 2.45) is 5.73 Å². The molecule has 132 valence electrons. The van der Waals surface area contributed by atoms with Crippen LogP contribution in [0.5, 0.6) is 0 Å². The predicted octanol–water partition coefficient (Wildman–Crippen LogP) is 1.50. The van der Waals surface area contributed by atoms with Crippen LogP contribution in [0.15, 0.2) is 24.3 Å². The number of amides is 2. The second-order valence-corrected chi connectivity index (χ2v) is 4.60. The van der Waals surface area contributed by atoms with E-state index in [4.69, 9.17) is 5.73 Å². The van der Waals surface area contributed by atoms with Crippen molar-refractivity contribution in [2.75, 3.05) is 38.0 Å². The van der Waals surface area contributed by atoms with Crippen molar-refractivity contribution in [2.45, 2.75) is 13.8 Å². The summed E-state index contributed by atoms with van der Waals surface area (Å²) in [5.41, 5.74) is 6.33. The predicted molar refractivity (Wildman–Crippen MR) is 98.7 cm³/mol. The Bertz CT molecular complexity index is 482. The van der Waals surface area contributed by atoms with Crippen molar-refractivity contribution in [1.82, 2.24) is 10.2 Å². The summed E-state index contributed by atoms with van der Waals surface area (Å²) in [7, 11) is 0. The van der Waals surface area contributed by atoms with Gasteiger partial charge < -0.3 is 16.4 Å². The van der Waals surface area contributed by atoms with Gasteiger partial charge in [0.2, 0.25) is 5.91 Å². The number of nitrogens with zero attached hydrogens (tertiary/aromatic N) is 1. The van der Waals surface area contributed by atoms with Crippen LogP contribution in [0, 0.1) is 0 Å². The molecule has 0 bridgehead atoms. The molecule has 1 aromatic carbocycles. The van der Waals surface area contributed by atoms with E-state index < -0.39 is 0 Å². The van der Waals surface area contributed by atoms with Gasteiger partial charge in [0, 0.05) is 13.1 Å². The van der Waals surface area contributed by atoms with Crippen LogP contribution in [0.2, 0.25) is 0 Å².